The number of aryl methyl sites for hydroxylation is 3. The molecular weight excluding hydrogens is 312 g/mol. The Morgan fingerprint density at radius 1 is 1.20 bits per heavy atom. The van der Waals surface area contributed by atoms with Crippen LogP contribution in [0.15, 0.2) is 42.7 Å². The lowest BCUT2D eigenvalue weighted by Crippen LogP contribution is -2.26. The van der Waals surface area contributed by atoms with Gasteiger partial charge in [0.05, 0.1) is 11.8 Å². The predicted molar refractivity (Wildman–Crippen MR) is 99.0 cm³/mol. The molecule has 0 bridgehead atoms. The molecule has 0 fully saturated rings. The number of carbonyl (C=O) groups excluding carboxylic acids is 1. The van der Waals surface area contributed by atoms with E-state index in [4.69, 9.17) is 0 Å². The zero-order valence-corrected chi connectivity index (χ0v) is 15.4. The van der Waals surface area contributed by atoms with Gasteiger partial charge in [-0.1, -0.05) is 12.1 Å². The van der Waals surface area contributed by atoms with E-state index in [0.29, 0.717) is 6.54 Å². The van der Waals surface area contributed by atoms with Crippen LogP contribution in [0.2, 0.25) is 0 Å². The van der Waals surface area contributed by atoms with Crippen molar-refractivity contribution in [2.45, 2.75) is 27.3 Å². The van der Waals surface area contributed by atoms with Crippen LogP contribution in [-0.2, 0) is 13.6 Å². The van der Waals surface area contributed by atoms with Gasteiger partial charge in [-0.3, -0.25) is 9.48 Å². The zero-order chi connectivity index (χ0) is 18.1. The van der Waals surface area contributed by atoms with Crippen LogP contribution in [0, 0.1) is 20.8 Å². The number of aromatic nitrogens is 3. The molecule has 0 spiro atoms. The number of amides is 1. The molecule has 0 saturated carbocycles. The van der Waals surface area contributed by atoms with Crippen molar-refractivity contribution in [3.63, 3.8) is 0 Å². The Balaban J connectivity index is 1.90. The normalized spacial score (nSPS) is 10.9. The molecule has 2 heterocycles. The van der Waals surface area contributed by atoms with E-state index >= 15 is 0 Å². The molecule has 0 aliphatic rings. The molecule has 5 nitrogen and oxygen atoms in total. The molecule has 1 aromatic carbocycles. The van der Waals surface area contributed by atoms with Gasteiger partial charge in [-0.2, -0.15) is 5.10 Å². The number of hydrogen-bond donors (Lipinski definition) is 0. The summed E-state index contributed by atoms with van der Waals surface area (Å²) < 4.78 is 3.88. The van der Waals surface area contributed by atoms with Crippen molar-refractivity contribution >= 4 is 5.91 Å². The Morgan fingerprint density at radius 2 is 1.96 bits per heavy atom. The molecule has 0 unspecified atom stereocenters. The first-order chi connectivity index (χ1) is 11.9. The number of hydrogen-bond acceptors (Lipinski definition) is 2. The summed E-state index contributed by atoms with van der Waals surface area (Å²) in [6.07, 6.45) is 3.72. The van der Waals surface area contributed by atoms with Gasteiger partial charge in [0.25, 0.3) is 5.91 Å². The van der Waals surface area contributed by atoms with E-state index in [1.807, 2.05) is 46.3 Å². The third-order valence-corrected chi connectivity index (χ3v) is 4.45. The Hall–Kier alpha value is -2.82. The van der Waals surface area contributed by atoms with Crippen molar-refractivity contribution in [2.75, 3.05) is 7.05 Å². The molecule has 5 heteroatoms. The van der Waals surface area contributed by atoms with Crippen molar-refractivity contribution in [1.29, 1.82) is 0 Å². The van der Waals surface area contributed by atoms with E-state index in [2.05, 4.69) is 34.8 Å². The molecule has 0 saturated heterocycles. The molecule has 25 heavy (non-hydrogen) atoms. The molecular formula is C20H24N4O. The molecule has 0 aliphatic carbocycles. The van der Waals surface area contributed by atoms with Gasteiger partial charge >= 0.3 is 0 Å². The fraction of sp³-hybridized carbons (Fsp3) is 0.300. The van der Waals surface area contributed by atoms with Crippen LogP contribution >= 0.6 is 0 Å². The summed E-state index contributed by atoms with van der Waals surface area (Å²) in [5.41, 5.74) is 6.07. The fourth-order valence-electron chi connectivity index (χ4n) is 3.25. The highest BCUT2D eigenvalue weighted by Gasteiger charge is 2.20. The minimum atomic E-state index is 0.0239. The summed E-state index contributed by atoms with van der Waals surface area (Å²) in [6.45, 7) is 6.65. The summed E-state index contributed by atoms with van der Waals surface area (Å²) in [6, 6.07) is 10.3. The van der Waals surface area contributed by atoms with Gasteiger partial charge in [-0.25, -0.2) is 0 Å². The number of carbonyl (C=O) groups is 1. The second kappa shape index (κ2) is 6.59. The topological polar surface area (TPSA) is 43.1 Å². The SMILES string of the molecule is Cc1cccc(-n2c(C)cc(C(=O)N(C)Cc3cnn(C)c3)c2C)c1. The van der Waals surface area contributed by atoms with Gasteiger partial charge in [-0.05, 0) is 44.5 Å². The van der Waals surface area contributed by atoms with Crippen molar-refractivity contribution in [3.05, 3.63) is 70.8 Å². The summed E-state index contributed by atoms with van der Waals surface area (Å²) in [7, 11) is 3.70. The minimum Gasteiger partial charge on any atom is -0.337 e. The predicted octanol–water partition coefficient (Wildman–Crippen LogP) is 3.41. The first kappa shape index (κ1) is 17.0. The molecule has 0 aliphatic heterocycles. The second-order valence-electron chi connectivity index (χ2n) is 6.64. The summed E-state index contributed by atoms with van der Waals surface area (Å²) in [5, 5.41) is 4.16. The van der Waals surface area contributed by atoms with E-state index in [0.717, 1.165) is 28.2 Å². The molecule has 1 amide bonds. The summed E-state index contributed by atoms with van der Waals surface area (Å²) in [5.74, 6) is 0.0239. The average molecular weight is 336 g/mol. The third-order valence-electron chi connectivity index (χ3n) is 4.45. The number of rotatable bonds is 4. The van der Waals surface area contributed by atoms with Gasteiger partial charge in [0, 0.05) is 49.5 Å². The Labute approximate surface area is 148 Å². The van der Waals surface area contributed by atoms with Crippen LogP contribution in [0.4, 0.5) is 0 Å². The average Bonchev–Trinajstić information content (AvgIpc) is 3.09. The molecule has 130 valence electrons. The first-order valence-electron chi connectivity index (χ1n) is 8.36. The Kier molecular flexibility index (Phi) is 4.49. The maximum atomic E-state index is 12.9. The largest absolute Gasteiger partial charge is 0.337 e. The van der Waals surface area contributed by atoms with Crippen LogP contribution in [0.5, 0.6) is 0 Å². The van der Waals surface area contributed by atoms with Crippen molar-refractivity contribution in [2.24, 2.45) is 7.05 Å². The van der Waals surface area contributed by atoms with Crippen LogP contribution in [0.1, 0.15) is 32.9 Å². The van der Waals surface area contributed by atoms with E-state index in [1.54, 1.807) is 15.8 Å². The van der Waals surface area contributed by atoms with Crippen LogP contribution in [0.25, 0.3) is 5.69 Å². The summed E-state index contributed by atoms with van der Waals surface area (Å²) >= 11 is 0. The molecule has 0 N–H and O–H groups in total. The lowest BCUT2D eigenvalue weighted by atomic mass is 10.2. The van der Waals surface area contributed by atoms with E-state index in [1.165, 1.54) is 5.56 Å². The quantitative estimate of drug-likeness (QED) is 0.733. The Bertz CT molecular complexity index is 920. The highest BCUT2D eigenvalue weighted by molar-refractivity contribution is 5.95. The monoisotopic (exact) mass is 336 g/mol. The fourth-order valence-corrected chi connectivity index (χ4v) is 3.25. The molecule has 0 atom stereocenters. The standard InChI is InChI=1S/C20H24N4O/c1-14-7-6-8-18(9-14)24-15(2)10-19(16(24)3)20(25)22(4)12-17-11-21-23(5)13-17/h6-11,13H,12H2,1-5H3. The Morgan fingerprint density at radius 3 is 2.60 bits per heavy atom. The van der Waals surface area contributed by atoms with E-state index in [-0.39, 0.29) is 5.91 Å². The minimum absolute atomic E-state index is 0.0239. The van der Waals surface area contributed by atoms with Gasteiger partial charge < -0.3 is 9.47 Å². The van der Waals surface area contributed by atoms with E-state index in [9.17, 15) is 4.79 Å². The highest BCUT2D eigenvalue weighted by atomic mass is 16.2. The maximum absolute atomic E-state index is 12.9. The lowest BCUT2D eigenvalue weighted by molar-refractivity contribution is 0.0784. The highest BCUT2D eigenvalue weighted by Crippen LogP contribution is 2.23. The van der Waals surface area contributed by atoms with Crippen LogP contribution in [-0.4, -0.2) is 32.2 Å². The molecule has 3 aromatic rings. The van der Waals surface area contributed by atoms with Crippen LogP contribution < -0.4 is 0 Å². The zero-order valence-electron chi connectivity index (χ0n) is 15.4. The third kappa shape index (κ3) is 3.36. The van der Waals surface area contributed by atoms with Crippen molar-refractivity contribution in [1.82, 2.24) is 19.2 Å². The summed E-state index contributed by atoms with van der Waals surface area (Å²) in [4.78, 5) is 14.7. The number of nitrogens with zero attached hydrogens (tertiary/aromatic N) is 4. The second-order valence-corrected chi connectivity index (χ2v) is 6.64. The maximum Gasteiger partial charge on any atom is 0.255 e. The van der Waals surface area contributed by atoms with Crippen molar-refractivity contribution < 1.29 is 4.79 Å². The van der Waals surface area contributed by atoms with Crippen molar-refractivity contribution in [3.8, 4) is 5.69 Å². The first-order valence-corrected chi connectivity index (χ1v) is 8.36. The lowest BCUT2D eigenvalue weighted by Gasteiger charge is -2.16. The van der Waals surface area contributed by atoms with E-state index < -0.39 is 0 Å². The molecule has 2 aromatic heterocycles. The van der Waals surface area contributed by atoms with Gasteiger partial charge in [-0.15, -0.1) is 0 Å². The molecule has 0 radical (unpaired) electrons. The van der Waals surface area contributed by atoms with Gasteiger partial charge in [0.15, 0.2) is 0 Å². The smallest absolute Gasteiger partial charge is 0.255 e. The van der Waals surface area contributed by atoms with Gasteiger partial charge in [0.2, 0.25) is 0 Å². The van der Waals surface area contributed by atoms with Crippen LogP contribution in [0.3, 0.4) is 0 Å². The number of benzene rings is 1. The van der Waals surface area contributed by atoms with Gasteiger partial charge in [0.1, 0.15) is 0 Å². The molecule has 3 rings (SSSR count).